The lowest BCUT2D eigenvalue weighted by molar-refractivity contribution is -0.128. The summed E-state index contributed by atoms with van der Waals surface area (Å²) in [7, 11) is 1.86. The minimum Gasteiger partial charge on any atom is -0.352 e. The molecule has 1 rings (SSSR count). The van der Waals surface area contributed by atoms with Gasteiger partial charge in [-0.3, -0.25) is 9.59 Å². The molecule has 1 atom stereocenters. The van der Waals surface area contributed by atoms with E-state index in [1.54, 1.807) is 12.1 Å². The van der Waals surface area contributed by atoms with Gasteiger partial charge in [0.05, 0.1) is 0 Å². The Bertz CT molecular complexity index is 504. The van der Waals surface area contributed by atoms with E-state index in [1.807, 2.05) is 46.9 Å². The number of rotatable bonds is 6. The molecule has 0 aliphatic carbocycles. The second kappa shape index (κ2) is 7.94. The molecular formula is C17H27N3O2. The highest BCUT2D eigenvalue weighted by Gasteiger charge is 2.20. The molecule has 0 aliphatic heterocycles. The molecule has 122 valence electrons. The van der Waals surface area contributed by atoms with Crippen LogP contribution >= 0.6 is 0 Å². The third kappa shape index (κ3) is 5.85. The van der Waals surface area contributed by atoms with Gasteiger partial charge in [0.15, 0.2) is 0 Å². The summed E-state index contributed by atoms with van der Waals surface area (Å²) in [5, 5.41) is 8.82. The van der Waals surface area contributed by atoms with Crippen molar-refractivity contribution in [3.63, 3.8) is 0 Å². The van der Waals surface area contributed by atoms with Crippen molar-refractivity contribution in [2.24, 2.45) is 5.41 Å². The fourth-order valence-corrected chi connectivity index (χ4v) is 1.67. The Balaban J connectivity index is 2.52. The summed E-state index contributed by atoms with van der Waals surface area (Å²) in [5.74, 6) is -0.0808. The average Bonchev–Trinajstić information content (AvgIpc) is 2.49. The van der Waals surface area contributed by atoms with Crippen LogP contribution in [0.5, 0.6) is 0 Å². The largest absolute Gasteiger partial charge is 0.352 e. The molecular weight excluding hydrogens is 278 g/mol. The summed E-state index contributed by atoms with van der Waals surface area (Å²) in [6.45, 7) is 8.68. The Morgan fingerprint density at radius 2 is 1.68 bits per heavy atom. The molecule has 0 saturated carbocycles. The number of benzene rings is 1. The van der Waals surface area contributed by atoms with Crippen LogP contribution in [0.4, 0.5) is 0 Å². The van der Waals surface area contributed by atoms with E-state index in [0.717, 1.165) is 5.56 Å². The van der Waals surface area contributed by atoms with Crippen LogP contribution in [0.25, 0.3) is 0 Å². The van der Waals surface area contributed by atoms with Gasteiger partial charge in [0.2, 0.25) is 5.91 Å². The molecule has 0 aliphatic rings. The Kier molecular flexibility index (Phi) is 6.56. The van der Waals surface area contributed by atoms with Crippen molar-refractivity contribution in [3.8, 4) is 0 Å². The van der Waals surface area contributed by atoms with Crippen molar-refractivity contribution in [1.29, 1.82) is 0 Å². The van der Waals surface area contributed by atoms with E-state index in [1.165, 1.54) is 0 Å². The fraction of sp³-hybridized carbons (Fsp3) is 0.529. The number of hydrogen-bond donors (Lipinski definition) is 3. The van der Waals surface area contributed by atoms with Gasteiger partial charge in [-0.05, 0) is 31.7 Å². The van der Waals surface area contributed by atoms with E-state index in [0.29, 0.717) is 18.7 Å². The predicted molar refractivity (Wildman–Crippen MR) is 88.6 cm³/mol. The van der Waals surface area contributed by atoms with E-state index in [-0.39, 0.29) is 17.9 Å². The summed E-state index contributed by atoms with van der Waals surface area (Å²) >= 11 is 0. The van der Waals surface area contributed by atoms with Crippen molar-refractivity contribution < 1.29 is 9.59 Å². The van der Waals surface area contributed by atoms with Gasteiger partial charge in [-0.2, -0.15) is 0 Å². The topological polar surface area (TPSA) is 70.2 Å². The van der Waals surface area contributed by atoms with Gasteiger partial charge in [-0.25, -0.2) is 0 Å². The lowest BCUT2D eigenvalue weighted by Gasteiger charge is -2.17. The first-order chi connectivity index (χ1) is 10.2. The molecule has 0 heterocycles. The van der Waals surface area contributed by atoms with E-state index < -0.39 is 5.41 Å². The normalized spacial score (nSPS) is 12.6. The zero-order valence-electron chi connectivity index (χ0n) is 14.1. The quantitative estimate of drug-likeness (QED) is 0.749. The molecule has 0 radical (unpaired) electrons. The van der Waals surface area contributed by atoms with Crippen LogP contribution in [-0.4, -0.2) is 31.4 Å². The summed E-state index contributed by atoms with van der Waals surface area (Å²) in [6, 6.07) is 7.50. The van der Waals surface area contributed by atoms with Crippen LogP contribution < -0.4 is 16.0 Å². The van der Waals surface area contributed by atoms with Crippen molar-refractivity contribution in [1.82, 2.24) is 16.0 Å². The van der Waals surface area contributed by atoms with Crippen LogP contribution in [0.2, 0.25) is 0 Å². The summed E-state index contributed by atoms with van der Waals surface area (Å²) in [5.41, 5.74) is 1.19. The number of carbonyl (C=O) groups excluding carboxylic acids is 2. The maximum atomic E-state index is 12.0. The molecule has 0 bridgehead atoms. The number of hydrogen-bond acceptors (Lipinski definition) is 3. The smallest absolute Gasteiger partial charge is 0.251 e. The van der Waals surface area contributed by atoms with Gasteiger partial charge in [-0.15, -0.1) is 0 Å². The third-order valence-corrected chi connectivity index (χ3v) is 3.41. The van der Waals surface area contributed by atoms with Crippen LogP contribution in [0.3, 0.4) is 0 Å². The molecule has 0 spiro atoms. The molecule has 0 aromatic heterocycles. The first-order valence-electron chi connectivity index (χ1n) is 7.56. The second-order valence-electron chi connectivity index (χ2n) is 6.53. The van der Waals surface area contributed by atoms with Gasteiger partial charge in [-0.1, -0.05) is 32.9 Å². The molecule has 5 nitrogen and oxygen atoms in total. The maximum absolute atomic E-state index is 12.0. The predicted octanol–water partition coefficient (Wildman–Crippen LogP) is 1.69. The number of amides is 2. The molecule has 1 unspecified atom stereocenters. The summed E-state index contributed by atoms with van der Waals surface area (Å²) in [4.78, 5) is 23.8. The zero-order chi connectivity index (χ0) is 16.8. The van der Waals surface area contributed by atoms with Crippen LogP contribution in [0.15, 0.2) is 24.3 Å². The molecule has 0 fully saturated rings. The highest BCUT2D eigenvalue weighted by atomic mass is 16.2. The van der Waals surface area contributed by atoms with E-state index >= 15 is 0 Å². The lowest BCUT2D eigenvalue weighted by atomic mass is 9.95. The number of likely N-dealkylation sites (N-methyl/N-ethyl adjacent to an activating group) is 1. The lowest BCUT2D eigenvalue weighted by Crippen LogP contribution is -2.37. The first kappa shape index (κ1) is 18.2. The average molecular weight is 305 g/mol. The van der Waals surface area contributed by atoms with E-state index in [2.05, 4.69) is 16.0 Å². The molecule has 0 saturated heterocycles. The minimum absolute atomic E-state index is 0.00960. The van der Waals surface area contributed by atoms with Crippen LogP contribution in [-0.2, 0) is 11.3 Å². The minimum atomic E-state index is -0.399. The summed E-state index contributed by atoms with van der Waals surface area (Å²) in [6.07, 6.45) is 0. The van der Waals surface area contributed by atoms with Gasteiger partial charge in [0, 0.05) is 30.1 Å². The molecule has 1 aromatic rings. The molecule has 3 N–H and O–H groups in total. The second-order valence-corrected chi connectivity index (χ2v) is 6.53. The Morgan fingerprint density at radius 3 is 2.18 bits per heavy atom. The molecule has 1 aromatic carbocycles. The number of carbonyl (C=O) groups is 2. The fourth-order valence-electron chi connectivity index (χ4n) is 1.67. The number of nitrogens with one attached hydrogen (secondary N) is 3. The Hall–Kier alpha value is -1.88. The van der Waals surface area contributed by atoms with Crippen molar-refractivity contribution >= 4 is 11.8 Å². The SMILES string of the molecule is CNC(C)CNC(=O)c1ccc(CNC(=O)C(C)(C)C)cc1. The molecule has 5 heteroatoms. The van der Waals surface area contributed by atoms with Crippen molar-refractivity contribution in [2.45, 2.75) is 40.3 Å². The van der Waals surface area contributed by atoms with E-state index in [9.17, 15) is 9.59 Å². The van der Waals surface area contributed by atoms with Gasteiger partial charge >= 0.3 is 0 Å². The van der Waals surface area contributed by atoms with Crippen LogP contribution in [0, 0.1) is 5.41 Å². The third-order valence-electron chi connectivity index (χ3n) is 3.41. The highest BCUT2D eigenvalue weighted by Crippen LogP contribution is 2.13. The van der Waals surface area contributed by atoms with Gasteiger partial charge < -0.3 is 16.0 Å². The standard InChI is InChI=1S/C17H27N3O2/c1-12(18-5)10-19-15(21)14-8-6-13(7-9-14)11-20-16(22)17(2,3)4/h6-9,12,18H,10-11H2,1-5H3,(H,19,21)(H,20,22). The molecule has 22 heavy (non-hydrogen) atoms. The monoisotopic (exact) mass is 305 g/mol. The highest BCUT2D eigenvalue weighted by molar-refractivity contribution is 5.94. The maximum Gasteiger partial charge on any atom is 0.251 e. The summed E-state index contributed by atoms with van der Waals surface area (Å²) < 4.78 is 0. The van der Waals surface area contributed by atoms with Gasteiger partial charge in [0.1, 0.15) is 0 Å². The van der Waals surface area contributed by atoms with Crippen LogP contribution in [0.1, 0.15) is 43.6 Å². The Labute approximate surface area is 132 Å². The first-order valence-corrected chi connectivity index (χ1v) is 7.56. The van der Waals surface area contributed by atoms with Crippen molar-refractivity contribution in [3.05, 3.63) is 35.4 Å². The van der Waals surface area contributed by atoms with E-state index in [4.69, 9.17) is 0 Å². The van der Waals surface area contributed by atoms with Gasteiger partial charge in [0.25, 0.3) is 5.91 Å². The molecule has 2 amide bonds. The van der Waals surface area contributed by atoms with Crippen molar-refractivity contribution in [2.75, 3.05) is 13.6 Å². The Morgan fingerprint density at radius 1 is 1.09 bits per heavy atom. The zero-order valence-corrected chi connectivity index (χ0v) is 14.1.